The molecule has 0 spiro atoms. The Labute approximate surface area is 423 Å². The van der Waals surface area contributed by atoms with E-state index in [0.29, 0.717) is 12.8 Å². The van der Waals surface area contributed by atoms with Gasteiger partial charge in [0.05, 0.1) is 0 Å². The van der Waals surface area contributed by atoms with Crippen LogP contribution in [0.3, 0.4) is 0 Å². The predicted octanol–water partition coefficient (Wildman–Crippen LogP) is 18.4. The molecule has 6 heteroatoms. The van der Waals surface area contributed by atoms with Gasteiger partial charge in [-0.1, -0.05) is 205 Å². The molecular weight excluding hydrogens is 853 g/mol. The molecule has 0 aliphatic heterocycles. The average Bonchev–Trinajstić information content (AvgIpc) is 3.35. The van der Waals surface area contributed by atoms with Gasteiger partial charge < -0.3 is 14.2 Å². The van der Waals surface area contributed by atoms with E-state index in [1.54, 1.807) is 0 Å². The van der Waals surface area contributed by atoms with Crippen molar-refractivity contribution in [2.24, 2.45) is 0 Å². The number of rotatable bonds is 47. The van der Waals surface area contributed by atoms with Crippen LogP contribution in [0.15, 0.2) is 146 Å². The monoisotopic (exact) mass is 951 g/mol. The van der Waals surface area contributed by atoms with Gasteiger partial charge in [0.2, 0.25) is 0 Å². The molecule has 0 rings (SSSR count). The first-order valence-electron chi connectivity index (χ1n) is 27.3. The zero-order valence-corrected chi connectivity index (χ0v) is 44.0. The third-order valence-electron chi connectivity index (χ3n) is 10.8. The summed E-state index contributed by atoms with van der Waals surface area (Å²) in [7, 11) is 0. The highest BCUT2D eigenvalue weighted by Gasteiger charge is 2.19. The van der Waals surface area contributed by atoms with Crippen LogP contribution < -0.4 is 0 Å². The van der Waals surface area contributed by atoms with E-state index in [1.807, 2.05) is 0 Å². The molecule has 0 saturated heterocycles. The van der Waals surface area contributed by atoms with E-state index in [0.717, 1.165) is 167 Å². The lowest BCUT2D eigenvalue weighted by molar-refractivity contribution is -0.167. The lowest BCUT2D eigenvalue weighted by Crippen LogP contribution is -2.30. The van der Waals surface area contributed by atoms with Crippen molar-refractivity contribution in [1.82, 2.24) is 0 Å². The quantitative estimate of drug-likeness (QED) is 0.0262. The van der Waals surface area contributed by atoms with Crippen LogP contribution in [-0.2, 0) is 28.6 Å². The standard InChI is InChI=1S/C63H98O6/c1-4-7-10-13-16-19-22-25-28-29-30-31-32-33-36-38-41-44-47-50-53-56-62(65)68-59-60(69-63(66)57-54-51-48-45-42-39-35-27-24-21-18-15-12-9-6-3)58-67-61(64)55-52-49-46-43-40-37-34-26-23-20-17-14-11-8-5-2/h7-12,16-21,25-28,30-31,33-36,41,44,60H,4-6,13-15,22-24,29,32,37-40,42-43,45-59H2,1-3H3/b10-7-,11-8-,12-9-,19-16-,20-17-,21-18-,28-25-,31-30-,34-26-,35-27-,36-33-,44-41-. The second-order valence-electron chi connectivity index (χ2n) is 17.3. The van der Waals surface area contributed by atoms with Crippen LogP contribution in [0.5, 0.6) is 0 Å². The SMILES string of the molecule is CC/C=C\C/C=C\C/C=C\C/C=C\C/C=C\C/C=C\CCCCC(=O)OCC(COC(=O)CCCCCCC/C=C\C/C=C\C/C=C\CC)OC(=O)CCCCCCC/C=C\C/C=C\C/C=C\CC. The predicted molar refractivity (Wildman–Crippen MR) is 297 cm³/mol. The van der Waals surface area contributed by atoms with Crippen molar-refractivity contribution < 1.29 is 28.6 Å². The second-order valence-corrected chi connectivity index (χ2v) is 17.3. The van der Waals surface area contributed by atoms with Crippen LogP contribution in [0.4, 0.5) is 0 Å². The molecule has 0 aromatic rings. The molecular formula is C63H98O6. The summed E-state index contributed by atoms with van der Waals surface area (Å²) in [4.78, 5) is 38.1. The van der Waals surface area contributed by atoms with Crippen LogP contribution in [-0.4, -0.2) is 37.2 Å². The molecule has 0 aliphatic rings. The summed E-state index contributed by atoms with van der Waals surface area (Å²) in [6.07, 6.45) is 79.7. The minimum absolute atomic E-state index is 0.114. The number of hydrogen-bond acceptors (Lipinski definition) is 6. The van der Waals surface area contributed by atoms with E-state index in [2.05, 4.69) is 167 Å². The van der Waals surface area contributed by atoms with Crippen molar-refractivity contribution >= 4 is 17.9 Å². The summed E-state index contributed by atoms with van der Waals surface area (Å²) in [5.41, 5.74) is 0. The maximum Gasteiger partial charge on any atom is 0.306 e. The van der Waals surface area contributed by atoms with E-state index in [-0.39, 0.29) is 44.0 Å². The molecule has 0 saturated carbocycles. The van der Waals surface area contributed by atoms with E-state index < -0.39 is 6.10 Å². The number of ether oxygens (including phenoxy) is 3. The summed E-state index contributed by atoms with van der Waals surface area (Å²) >= 11 is 0. The fourth-order valence-corrected chi connectivity index (χ4v) is 6.83. The van der Waals surface area contributed by atoms with E-state index in [4.69, 9.17) is 14.2 Å². The van der Waals surface area contributed by atoms with E-state index >= 15 is 0 Å². The van der Waals surface area contributed by atoms with Crippen LogP contribution in [0.1, 0.15) is 213 Å². The molecule has 0 aliphatic carbocycles. The first-order chi connectivity index (χ1) is 34.0. The Morgan fingerprint density at radius 2 is 0.522 bits per heavy atom. The van der Waals surface area contributed by atoms with Crippen molar-refractivity contribution in [3.05, 3.63) is 146 Å². The van der Waals surface area contributed by atoms with Crippen molar-refractivity contribution in [3.63, 3.8) is 0 Å². The average molecular weight is 951 g/mol. The maximum atomic E-state index is 12.8. The van der Waals surface area contributed by atoms with Gasteiger partial charge in [0.25, 0.3) is 0 Å². The molecule has 0 fully saturated rings. The molecule has 69 heavy (non-hydrogen) atoms. The van der Waals surface area contributed by atoms with Gasteiger partial charge in [-0.25, -0.2) is 0 Å². The molecule has 0 amide bonds. The molecule has 0 N–H and O–H groups in total. The number of allylic oxidation sites excluding steroid dienone is 24. The summed E-state index contributed by atoms with van der Waals surface area (Å²) < 4.78 is 16.8. The lowest BCUT2D eigenvalue weighted by atomic mass is 10.1. The summed E-state index contributed by atoms with van der Waals surface area (Å²) in [5, 5.41) is 0. The van der Waals surface area contributed by atoms with Gasteiger partial charge in [0.15, 0.2) is 6.10 Å². The topological polar surface area (TPSA) is 78.9 Å². The third-order valence-corrected chi connectivity index (χ3v) is 10.8. The van der Waals surface area contributed by atoms with Crippen LogP contribution in [0.25, 0.3) is 0 Å². The number of esters is 3. The number of unbranched alkanes of at least 4 members (excludes halogenated alkanes) is 12. The first-order valence-corrected chi connectivity index (χ1v) is 27.3. The van der Waals surface area contributed by atoms with Crippen molar-refractivity contribution in [2.45, 2.75) is 219 Å². The fraction of sp³-hybridized carbons (Fsp3) is 0.571. The van der Waals surface area contributed by atoms with Gasteiger partial charge in [-0.05, 0) is 135 Å². The van der Waals surface area contributed by atoms with Crippen LogP contribution in [0.2, 0.25) is 0 Å². The van der Waals surface area contributed by atoms with Crippen molar-refractivity contribution in [1.29, 1.82) is 0 Å². The van der Waals surface area contributed by atoms with Crippen molar-refractivity contribution in [3.8, 4) is 0 Å². The van der Waals surface area contributed by atoms with Crippen molar-refractivity contribution in [2.75, 3.05) is 13.2 Å². The summed E-state index contributed by atoms with van der Waals surface area (Å²) in [5.74, 6) is -1.00. The Bertz CT molecular complexity index is 1560. The highest BCUT2D eigenvalue weighted by atomic mass is 16.6. The molecule has 1 unspecified atom stereocenters. The minimum Gasteiger partial charge on any atom is -0.462 e. The zero-order valence-electron chi connectivity index (χ0n) is 44.0. The van der Waals surface area contributed by atoms with Gasteiger partial charge in [0, 0.05) is 19.3 Å². The number of hydrogen-bond donors (Lipinski definition) is 0. The summed E-state index contributed by atoms with van der Waals surface area (Å²) in [6.45, 7) is 6.21. The normalized spacial score (nSPS) is 13.3. The van der Waals surface area contributed by atoms with Crippen LogP contribution >= 0.6 is 0 Å². The zero-order chi connectivity index (χ0) is 50.0. The van der Waals surface area contributed by atoms with E-state index in [1.165, 1.54) is 0 Å². The number of carbonyl (C=O) groups excluding carboxylic acids is 3. The second kappa shape index (κ2) is 55.9. The van der Waals surface area contributed by atoms with Gasteiger partial charge in [-0.2, -0.15) is 0 Å². The largest absolute Gasteiger partial charge is 0.462 e. The van der Waals surface area contributed by atoms with Gasteiger partial charge in [-0.3, -0.25) is 14.4 Å². The Morgan fingerprint density at radius 1 is 0.290 bits per heavy atom. The van der Waals surface area contributed by atoms with Gasteiger partial charge in [-0.15, -0.1) is 0 Å². The molecule has 0 bridgehead atoms. The Balaban J connectivity index is 4.54. The number of carbonyl (C=O) groups is 3. The molecule has 0 aromatic carbocycles. The lowest BCUT2D eigenvalue weighted by Gasteiger charge is -2.18. The minimum atomic E-state index is -0.819. The summed E-state index contributed by atoms with van der Waals surface area (Å²) in [6, 6.07) is 0. The Kier molecular flexibility index (Phi) is 52.1. The Morgan fingerprint density at radius 3 is 0.841 bits per heavy atom. The fourth-order valence-electron chi connectivity index (χ4n) is 6.83. The molecule has 0 radical (unpaired) electrons. The van der Waals surface area contributed by atoms with E-state index in [9.17, 15) is 14.4 Å². The van der Waals surface area contributed by atoms with Crippen LogP contribution in [0, 0.1) is 0 Å². The highest BCUT2D eigenvalue weighted by molar-refractivity contribution is 5.71. The van der Waals surface area contributed by atoms with Gasteiger partial charge in [0.1, 0.15) is 13.2 Å². The highest BCUT2D eigenvalue weighted by Crippen LogP contribution is 2.12. The molecule has 386 valence electrons. The molecule has 1 atom stereocenters. The Hall–Kier alpha value is -4.71. The first kappa shape index (κ1) is 64.3. The molecule has 6 nitrogen and oxygen atoms in total. The smallest absolute Gasteiger partial charge is 0.306 e. The maximum absolute atomic E-state index is 12.8. The molecule has 0 aromatic heterocycles. The molecule has 0 heterocycles. The van der Waals surface area contributed by atoms with Gasteiger partial charge >= 0.3 is 17.9 Å². The third kappa shape index (κ3) is 54.1.